The number of nitrogens with one attached hydrogen (secondary N) is 2. The first-order valence-corrected chi connectivity index (χ1v) is 19.5. The van der Waals surface area contributed by atoms with E-state index in [0.29, 0.717) is 24.1 Å². The predicted molar refractivity (Wildman–Crippen MR) is 207 cm³/mol. The van der Waals surface area contributed by atoms with Crippen LogP contribution < -0.4 is 10.6 Å². The summed E-state index contributed by atoms with van der Waals surface area (Å²) < 4.78 is 17.3. The molecule has 3 saturated heterocycles. The topological polar surface area (TPSA) is 164 Å². The number of ether oxygens (including phenoxy) is 3. The maximum Gasteiger partial charge on any atom is 0.408 e. The number of esters is 2. The highest BCUT2D eigenvalue weighted by Crippen LogP contribution is 2.45. The maximum absolute atomic E-state index is 14.8. The van der Waals surface area contributed by atoms with Crippen molar-refractivity contribution >= 4 is 47.5 Å². The lowest BCUT2D eigenvalue weighted by molar-refractivity contribution is -0.153. The molecule has 4 aliphatic rings. The van der Waals surface area contributed by atoms with Gasteiger partial charge >= 0.3 is 18.0 Å². The van der Waals surface area contributed by atoms with Crippen molar-refractivity contribution in [3.8, 4) is 0 Å². The number of rotatable bonds is 11. The zero-order valence-electron chi connectivity index (χ0n) is 32.1. The van der Waals surface area contributed by atoms with Gasteiger partial charge in [0.15, 0.2) is 6.10 Å². The fourth-order valence-electron chi connectivity index (χ4n) is 7.27. The normalized spacial score (nSPS) is 23.0. The van der Waals surface area contributed by atoms with Crippen molar-refractivity contribution in [3.05, 3.63) is 107 Å². The molecule has 2 aromatic carbocycles. The molecule has 56 heavy (non-hydrogen) atoms. The highest BCUT2D eigenvalue weighted by molar-refractivity contribution is 8.00. The lowest BCUT2D eigenvalue weighted by atomic mass is 9.94. The monoisotopic (exact) mass is 785 g/mol. The second-order valence-corrected chi connectivity index (χ2v) is 16.1. The van der Waals surface area contributed by atoms with Gasteiger partial charge in [-0.25, -0.2) is 14.4 Å². The minimum atomic E-state index is -1.04. The molecule has 14 nitrogen and oxygen atoms in total. The lowest BCUT2D eigenvalue weighted by Gasteiger charge is -2.49. The number of carbonyl (C=O) groups is 6. The average Bonchev–Trinajstić information content (AvgIpc) is 3.81. The standard InChI is InChI=1S/C41H47N5O9S/c1-7-20-53-38(50)30(27-18-19-45(34(27)47)26-21-29(42-22-26)35(48)44(5)6)28-23-56-37-31(43-40(52)55-41(2,3)4)36(49)46(37)32(28)39(51)54-33(24-14-10-8-11-15-24)25-16-12-9-13-17-25/h7-17,26,29,31,33,37,42H,1,18-23H2,2-6H3,(H,43,52)/b30-27+/t26-,29-,31+,37+/m0/s1. The number of carbonyl (C=O) groups excluding carboxylic acids is 6. The summed E-state index contributed by atoms with van der Waals surface area (Å²) >= 11 is 1.22. The van der Waals surface area contributed by atoms with Crippen LogP contribution in [0.1, 0.15) is 50.8 Å². The predicted octanol–water partition coefficient (Wildman–Crippen LogP) is 3.46. The summed E-state index contributed by atoms with van der Waals surface area (Å²) in [4.78, 5) is 87.1. The van der Waals surface area contributed by atoms with Crippen LogP contribution in [0.5, 0.6) is 0 Å². The Bertz CT molecular complexity index is 1920. The van der Waals surface area contributed by atoms with Crippen LogP contribution in [0, 0.1) is 0 Å². The first kappa shape index (κ1) is 40.3. The van der Waals surface area contributed by atoms with Crippen LogP contribution in [-0.4, -0.2) is 119 Å². The van der Waals surface area contributed by atoms with Gasteiger partial charge in [0.05, 0.1) is 11.6 Å². The van der Waals surface area contributed by atoms with E-state index in [4.69, 9.17) is 14.2 Å². The Morgan fingerprint density at radius 2 is 1.68 bits per heavy atom. The number of amides is 4. The molecule has 0 radical (unpaired) electrons. The largest absolute Gasteiger partial charge is 0.458 e. The molecule has 4 heterocycles. The smallest absolute Gasteiger partial charge is 0.408 e. The summed E-state index contributed by atoms with van der Waals surface area (Å²) in [6.07, 6.45) is 0.220. The van der Waals surface area contributed by atoms with Crippen molar-refractivity contribution in [1.29, 1.82) is 0 Å². The van der Waals surface area contributed by atoms with E-state index in [9.17, 15) is 28.8 Å². The van der Waals surface area contributed by atoms with E-state index in [0.717, 1.165) is 0 Å². The summed E-state index contributed by atoms with van der Waals surface area (Å²) in [5.41, 5.74) is 0.380. The molecule has 0 aromatic heterocycles. The summed E-state index contributed by atoms with van der Waals surface area (Å²) in [6, 6.07) is 16.4. The van der Waals surface area contributed by atoms with Gasteiger partial charge in [0, 0.05) is 50.1 Å². The van der Waals surface area contributed by atoms with E-state index >= 15 is 0 Å². The number of likely N-dealkylation sites (tertiary alicyclic amines) is 1. The van der Waals surface area contributed by atoms with Gasteiger partial charge in [-0.3, -0.25) is 19.3 Å². The quantitative estimate of drug-likeness (QED) is 0.113. The van der Waals surface area contributed by atoms with E-state index in [1.165, 1.54) is 27.6 Å². The second-order valence-electron chi connectivity index (χ2n) is 15.0. The number of alkyl carbamates (subject to hydrolysis) is 1. The van der Waals surface area contributed by atoms with E-state index in [-0.39, 0.29) is 59.7 Å². The zero-order valence-corrected chi connectivity index (χ0v) is 32.9. The van der Waals surface area contributed by atoms with E-state index in [2.05, 4.69) is 17.2 Å². The molecule has 0 unspecified atom stereocenters. The molecule has 296 valence electrons. The van der Waals surface area contributed by atoms with Crippen LogP contribution in [0.4, 0.5) is 4.79 Å². The van der Waals surface area contributed by atoms with Crippen LogP contribution >= 0.6 is 11.8 Å². The molecule has 0 bridgehead atoms. The molecule has 0 saturated carbocycles. The minimum Gasteiger partial charge on any atom is -0.458 e. The highest BCUT2D eigenvalue weighted by Gasteiger charge is 2.56. The van der Waals surface area contributed by atoms with Crippen molar-refractivity contribution in [2.45, 2.75) is 68.8 Å². The van der Waals surface area contributed by atoms with Gasteiger partial charge in [0.1, 0.15) is 29.3 Å². The number of benzene rings is 2. The molecule has 0 spiro atoms. The fourth-order valence-corrected chi connectivity index (χ4v) is 8.62. The Morgan fingerprint density at radius 3 is 2.27 bits per heavy atom. The Morgan fingerprint density at radius 1 is 1.04 bits per heavy atom. The van der Waals surface area contributed by atoms with Gasteiger partial charge in [-0.15, -0.1) is 11.8 Å². The van der Waals surface area contributed by atoms with Crippen molar-refractivity contribution in [2.24, 2.45) is 0 Å². The van der Waals surface area contributed by atoms with Crippen LogP contribution in [-0.2, 0) is 38.2 Å². The lowest BCUT2D eigenvalue weighted by Crippen LogP contribution is -2.71. The van der Waals surface area contributed by atoms with Gasteiger partial charge in [-0.05, 0) is 44.7 Å². The van der Waals surface area contributed by atoms with Gasteiger partial charge < -0.3 is 34.6 Å². The first-order chi connectivity index (χ1) is 26.7. The molecule has 15 heteroatoms. The summed E-state index contributed by atoms with van der Waals surface area (Å²) in [6.45, 7) is 9.22. The molecule has 2 aromatic rings. The molecule has 4 aliphatic heterocycles. The van der Waals surface area contributed by atoms with Crippen LogP contribution in [0.25, 0.3) is 0 Å². The van der Waals surface area contributed by atoms with Crippen molar-refractivity contribution < 1.29 is 43.0 Å². The number of β-lactam (4-membered cyclic amide) rings is 1. The van der Waals surface area contributed by atoms with Gasteiger partial charge in [-0.2, -0.15) is 0 Å². The molecule has 2 N–H and O–H groups in total. The molecule has 3 fully saturated rings. The summed E-state index contributed by atoms with van der Waals surface area (Å²) in [5.74, 6) is -2.93. The summed E-state index contributed by atoms with van der Waals surface area (Å²) in [7, 11) is 3.34. The molecule has 0 aliphatic carbocycles. The van der Waals surface area contributed by atoms with E-state index < -0.39 is 59.0 Å². The first-order valence-electron chi connectivity index (χ1n) is 18.5. The minimum absolute atomic E-state index is 0.00752. The third-order valence-corrected chi connectivity index (χ3v) is 11.1. The number of thioether (sulfide) groups is 1. The van der Waals surface area contributed by atoms with Crippen molar-refractivity contribution in [1.82, 2.24) is 25.3 Å². The third kappa shape index (κ3) is 8.38. The van der Waals surface area contributed by atoms with Crippen LogP contribution in [0.3, 0.4) is 0 Å². The Balaban J connectivity index is 1.43. The Hall–Kier alpha value is -5.41. The summed E-state index contributed by atoms with van der Waals surface area (Å²) in [5, 5.41) is 5.08. The second kappa shape index (κ2) is 16.8. The molecule has 4 atom stereocenters. The van der Waals surface area contributed by atoms with Gasteiger partial charge in [0.2, 0.25) is 5.91 Å². The Labute approximate surface area is 330 Å². The number of likely N-dealkylation sites (N-methyl/N-ethyl adjacent to an activating group) is 1. The maximum atomic E-state index is 14.8. The highest BCUT2D eigenvalue weighted by atomic mass is 32.2. The molecule has 4 amide bonds. The molecule has 6 rings (SSSR count). The number of nitrogens with zero attached hydrogens (tertiary/aromatic N) is 3. The SMILES string of the molecule is C=CCOC(=O)/C(C1=C(C(=O)OC(c2ccccc2)c2ccccc2)N2C(=O)[C@@H](NC(=O)OC(C)(C)C)[C@H]2SC1)=C1\CCN([C@@H]2CN[C@H](C(=O)N(C)C)C2)C1=O. The molecular weight excluding hydrogens is 739 g/mol. The van der Waals surface area contributed by atoms with Crippen LogP contribution in [0.15, 0.2) is 95.7 Å². The zero-order chi connectivity index (χ0) is 40.3. The van der Waals surface area contributed by atoms with E-state index in [1.54, 1.807) is 39.8 Å². The number of hydrogen-bond donors (Lipinski definition) is 2. The molecular formula is C41H47N5O9S. The van der Waals surface area contributed by atoms with Crippen molar-refractivity contribution in [2.75, 3.05) is 39.5 Å². The third-order valence-electron chi connectivity index (χ3n) is 9.81. The Kier molecular flexibility index (Phi) is 12.0. The fraction of sp³-hybridized carbons (Fsp3) is 0.415. The van der Waals surface area contributed by atoms with Gasteiger partial charge in [0.25, 0.3) is 11.8 Å². The number of hydrogen-bond acceptors (Lipinski definition) is 11. The van der Waals surface area contributed by atoms with Gasteiger partial charge in [-0.1, -0.05) is 73.3 Å². The van der Waals surface area contributed by atoms with Crippen LogP contribution in [0.2, 0.25) is 0 Å². The van der Waals surface area contributed by atoms with E-state index in [1.807, 2.05) is 60.7 Å². The van der Waals surface area contributed by atoms with Crippen molar-refractivity contribution in [3.63, 3.8) is 0 Å². The number of fused-ring (bicyclic) bond motifs is 1. The average molecular weight is 786 g/mol.